The largest absolute Gasteiger partial charge is 0.494 e. The number of nitrogens with one attached hydrogen (secondary N) is 1. The molecule has 0 unspecified atom stereocenters. The van der Waals surface area contributed by atoms with Crippen LogP contribution in [0.1, 0.15) is 13.8 Å². The molecule has 0 aliphatic carbocycles. The lowest BCUT2D eigenvalue weighted by Crippen LogP contribution is -2.54. The molecule has 9 nitrogen and oxygen atoms in total. The molecule has 1 saturated heterocycles. The van der Waals surface area contributed by atoms with E-state index in [4.69, 9.17) is 4.74 Å². The van der Waals surface area contributed by atoms with Crippen molar-refractivity contribution in [2.75, 3.05) is 16.5 Å². The second-order valence-electron chi connectivity index (χ2n) is 7.11. The first-order chi connectivity index (χ1) is 15.4. The highest BCUT2D eigenvalue weighted by molar-refractivity contribution is 6.38. The van der Waals surface area contributed by atoms with Gasteiger partial charge in [0, 0.05) is 0 Å². The Hall–Kier alpha value is -4.27. The standard InChI is InChI=1S/C23H20N4O5/c1-3-32-17-11-9-15(10-12-17)26-21(29)19(20(28)24-23(26)31)13-18-14(2)25-27(22(18)30)16-7-5-4-6-8-16/h4-13,18H,3H2,1-2H3,(H,24,28,31)/b19-13+/t18-/m0/s1. The number of benzene rings is 2. The number of rotatable bonds is 5. The first kappa shape index (κ1) is 21.0. The highest BCUT2D eigenvalue weighted by Crippen LogP contribution is 2.28. The predicted molar refractivity (Wildman–Crippen MR) is 117 cm³/mol. The van der Waals surface area contributed by atoms with Crippen LogP contribution in [-0.2, 0) is 14.4 Å². The van der Waals surface area contributed by atoms with Crippen LogP contribution in [0.5, 0.6) is 5.75 Å². The summed E-state index contributed by atoms with van der Waals surface area (Å²) in [4.78, 5) is 51.7. The number of hydrogen-bond acceptors (Lipinski definition) is 6. The maximum Gasteiger partial charge on any atom is 0.335 e. The molecule has 0 bridgehead atoms. The minimum atomic E-state index is -0.907. The van der Waals surface area contributed by atoms with Crippen molar-refractivity contribution in [3.8, 4) is 5.75 Å². The van der Waals surface area contributed by atoms with Crippen molar-refractivity contribution in [3.63, 3.8) is 0 Å². The van der Waals surface area contributed by atoms with Crippen LogP contribution in [0.15, 0.2) is 71.3 Å². The fourth-order valence-corrected chi connectivity index (χ4v) is 3.46. The molecule has 2 aromatic rings. The molecule has 5 amide bonds. The van der Waals surface area contributed by atoms with Gasteiger partial charge >= 0.3 is 6.03 Å². The number of ether oxygens (including phenoxy) is 1. The van der Waals surface area contributed by atoms with E-state index in [2.05, 4.69) is 10.4 Å². The third-order valence-corrected chi connectivity index (χ3v) is 5.02. The molecule has 0 radical (unpaired) electrons. The number of nitrogens with zero attached hydrogens (tertiary/aromatic N) is 3. The van der Waals surface area contributed by atoms with Gasteiger partial charge in [-0.05, 0) is 56.3 Å². The Morgan fingerprint density at radius 2 is 1.69 bits per heavy atom. The van der Waals surface area contributed by atoms with Crippen LogP contribution in [0.25, 0.3) is 0 Å². The van der Waals surface area contributed by atoms with Gasteiger partial charge in [-0.1, -0.05) is 18.2 Å². The van der Waals surface area contributed by atoms with E-state index in [1.54, 1.807) is 55.5 Å². The molecule has 162 valence electrons. The molecule has 9 heteroatoms. The number of para-hydroxylation sites is 1. The van der Waals surface area contributed by atoms with Gasteiger partial charge in [0.1, 0.15) is 11.3 Å². The van der Waals surface area contributed by atoms with Gasteiger partial charge in [0.25, 0.3) is 17.7 Å². The van der Waals surface area contributed by atoms with Crippen LogP contribution >= 0.6 is 0 Å². The van der Waals surface area contributed by atoms with Gasteiger partial charge in [-0.3, -0.25) is 19.7 Å². The number of hydrogen-bond donors (Lipinski definition) is 1. The Kier molecular flexibility index (Phi) is 5.55. The molecule has 1 N–H and O–H groups in total. The van der Waals surface area contributed by atoms with Crippen LogP contribution in [0, 0.1) is 5.92 Å². The molecular weight excluding hydrogens is 412 g/mol. The molecule has 2 heterocycles. The van der Waals surface area contributed by atoms with Crippen LogP contribution < -0.4 is 20.0 Å². The normalized spacial score (nSPS) is 20.0. The monoisotopic (exact) mass is 432 g/mol. The maximum atomic E-state index is 13.1. The van der Waals surface area contributed by atoms with Gasteiger partial charge < -0.3 is 4.74 Å². The summed E-state index contributed by atoms with van der Waals surface area (Å²) in [6.45, 7) is 3.95. The Morgan fingerprint density at radius 1 is 1.00 bits per heavy atom. The number of carbonyl (C=O) groups excluding carboxylic acids is 4. The average molecular weight is 432 g/mol. The topological polar surface area (TPSA) is 108 Å². The van der Waals surface area contributed by atoms with E-state index < -0.39 is 29.7 Å². The quantitative estimate of drug-likeness (QED) is 0.577. The first-order valence-corrected chi connectivity index (χ1v) is 9.99. The third-order valence-electron chi connectivity index (χ3n) is 5.02. The summed E-state index contributed by atoms with van der Waals surface area (Å²) in [7, 11) is 0. The average Bonchev–Trinajstić information content (AvgIpc) is 3.06. The second kappa shape index (κ2) is 8.46. The molecule has 0 aromatic heterocycles. The van der Waals surface area contributed by atoms with Gasteiger partial charge in [0.05, 0.1) is 29.6 Å². The fraction of sp³-hybridized carbons (Fsp3) is 0.174. The van der Waals surface area contributed by atoms with Crippen molar-refractivity contribution in [1.29, 1.82) is 0 Å². The zero-order valence-corrected chi connectivity index (χ0v) is 17.4. The van der Waals surface area contributed by atoms with E-state index in [1.165, 1.54) is 11.1 Å². The van der Waals surface area contributed by atoms with E-state index in [0.717, 1.165) is 4.90 Å². The zero-order valence-electron chi connectivity index (χ0n) is 17.4. The highest BCUT2D eigenvalue weighted by atomic mass is 16.5. The Balaban J connectivity index is 1.63. The molecule has 1 atom stereocenters. The summed E-state index contributed by atoms with van der Waals surface area (Å²) in [6, 6.07) is 14.3. The number of amides is 5. The lowest BCUT2D eigenvalue weighted by atomic mass is 9.98. The predicted octanol–water partition coefficient (Wildman–Crippen LogP) is 2.63. The SMILES string of the molecule is CCOc1ccc(N2C(=O)NC(=O)/C(=C\[C@@H]3C(=O)N(c4ccccc4)N=C3C)C2=O)cc1. The fourth-order valence-electron chi connectivity index (χ4n) is 3.46. The van der Waals surface area contributed by atoms with Crippen molar-refractivity contribution in [3.05, 3.63) is 66.2 Å². The lowest BCUT2D eigenvalue weighted by molar-refractivity contribution is -0.122. The number of hydrazone groups is 1. The second-order valence-corrected chi connectivity index (χ2v) is 7.11. The van der Waals surface area contributed by atoms with Gasteiger partial charge in [-0.2, -0.15) is 10.1 Å². The third kappa shape index (κ3) is 3.76. The highest BCUT2D eigenvalue weighted by Gasteiger charge is 2.40. The van der Waals surface area contributed by atoms with Crippen LogP contribution in [-0.4, -0.2) is 36.1 Å². The van der Waals surface area contributed by atoms with Gasteiger partial charge in [-0.25, -0.2) is 9.69 Å². The van der Waals surface area contributed by atoms with Crippen molar-refractivity contribution in [2.45, 2.75) is 13.8 Å². The van der Waals surface area contributed by atoms with E-state index in [9.17, 15) is 19.2 Å². The maximum absolute atomic E-state index is 13.1. The zero-order chi connectivity index (χ0) is 22.8. The number of imide groups is 2. The smallest absolute Gasteiger partial charge is 0.335 e. The number of anilines is 2. The summed E-state index contributed by atoms with van der Waals surface area (Å²) in [6.07, 6.45) is 1.26. The van der Waals surface area contributed by atoms with Crippen molar-refractivity contribution in [2.24, 2.45) is 11.0 Å². The first-order valence-electron chi connectivity index (χ1n) is 9.99. The molecule has 32 heavy (non-hydrogen) atoms. The minimum Gasteiger partial charge on any atom is -0.494 e. The molecule has 4 rings (SSSR count). The van der Waals surface area contributed by atoms with E-state index in [1.807, 2.05) is 13.0 Å². The lowest BCUT2D eigenvalue weighted by Gasteiger charge is -2.26. The summed E-state index contributed by atoms with van der Waals surface area (Å²) in [5, 5.41) is 7.67. The summed E-state index contributed by atoms with van der Waals surface area (Å²) >= 11 is 0. The Labute approximate surface area is 183 Å². The van der Waals surface area contributed by atoms with E-state index in [-0.39, 0.29) is 11.3 Å². The molecule has 1 fully saturated rings. The summed E-state index contributed by atoms with van der Waals surface area (Å²) in [5.74, 6) is -2.40. The van der Waals surface area contributed by atoms with Crippen molar-refractivity contribution in [1.82, 2.24) is 5.32 Å². The van der Waals surface area contributed by atoms with Crippen molar-refractivity contribution >= 4 is 40.8 Å². The minimum absolute atomic E-state index is 0.267. The van der Waals surface area contributed by atoms with Crippen LogP contribution in [0.3, 0.4) is 0 Å². The molecule has 2 aliphatic rings. The van der Waals surface area contributed by atoms with E-state index in [0.29, 0.717) is 23.8 Å². The van der Waals surface area contributed by atoms with Gasteiger partial charge in [0.15, 0.2) is 0 Å². The summed E-state index contributed by atoms with van der Waals surface area (Å²) < 4.78 is 5.37. The molecule has 0 saturated carbocycles. The molecular formula is C23H20N4O5. The van der Waals surface area contributed by atoms with Gasteiger partial charge in [0.2, 0.25) is 0 Å². The van der Waals surface area contributed by atoms with E-state index >= 15 is 0 Å². The number of urea groups is 1. The number of barbiturate groups is 1. The van der Waals surface area contributed by atoms with Crippen LogP contribution in [0.4, 0.5) is 16.2 Å². The summed E-state index contributed by atoms with van der Waals surface area (Å²) in [5.41, 5.74) is 0.963. The molecule has 2 aromatic carbocycles. The Morgan fingerprint density at radius 3 is 2.34 bits per heavy atom. The van der Waals surface area contributed by atoms with Crippen LogP contribution in [0.2, 0.25) is 0 Å². The van der Waals surface area contributed by atoms with Gasteiger partial charge in [-0.15, -0.1) is 0 Å². The number of carbonyl (C=O) groups is 4. The molecule has 0 spiro atoms. The molecule has 2 aliphatic heterocycles. The van der Waals surface area contributed by atoms with Crippen molar-refractivity contribution < 1.29 is 23.9 Å². The Bertz CT molecular complexity index is 1150.